The summed E-state index contributed by atoms with van der Waals surface area (Å²) in [5.41, 5.74) is 13.5. The summed E-state index contributed by atoms with van der Waals surface area (Å²) in [6, 6.07) is 0. The van der Waals surface area contributed by atoms with E-state index in [9.17, 15) is 29.4 Å². The molecule has 2 unspecified atom stereocenters. The molecular weight excluding hydrogens is 735 g/mol. The average molecular weight is 794 g/mol. The van der Waals surface area contributed by atoms with E-state index in [-0.39, 0.29) is 36.2 Å². The fraction of sp³-hybridized carbons (Fsp3) is 0.684. The zero-order valence-electron chi connectivity index (χ0n) is 32.5. The molecule has 14 nitrogen and oxygen atoms in total. The van der Waals surface area contributed by atoms with Crippen molar-refractivity contribution < 1.29 is 29.4 Å². The van der Waals surface area contributed by atoms with Crippen LogP contribution >= 0.6 is 23.2 Å². The Morgan fingerprint density at radius 2 is 0.963 bits per heavy atom. The number of likely N-dealkylation sites (tertiary alicyclic amines) is 2. The molecule has 2 saturated heterocycles. The summed E-state index contributed by atoms with van der Waals surface area (Å²) < 4.78 is 0. The molecule has 2 fully saturated rings. The van der Waals surface area contributed by atoms with Crippen LogP contribution in [0, 0.1) is 37.5 Å². The summed E-state index contributed by atoms with van der Waals surface area (Å²) in [7, 11) is 0. The quantitative estimate of drug-likeness (QED) is 0.197. The van der Waals surface area contributed by atoms with Crippen molar-refractivity contribution in [2.45, 2.75) is 118 Å². The summed E-state index contributed by atoms with van der Waals surface area (Å²) >= 11 is 12.4. The molecule has 16 heteroatoms. The van der Waals surface area contributed by atoms with Crippen molar-refractivity contribution in [3.05, 3.63) is 33.1 Å². The lowest BCUT2D eigenvalue weighted by atomic mass is 9.90. The van der Waals surface area contributed by atoms with E-state index in [1.165, 1.54) is 13.8 Å². The summed E-state index contributed by atoms with van der Waals surface area (Å²) in [6.07, 6.45) is 5.07. The number of rotatable bonds is 14. The number of ketones is 2. The highest BCUT2D eigenvalue weighted by Gasteiger charge is 2.30. The summed E-state index contributed by atoms with van der Waals surface area (Å²) in [4.78, 5) is 68.6. The Labute approximate surface area is 328 Å². The first kappa shape index (κ1) is 44.9. The molecule has 4 heterocycles. The minimum absolute atomic E-state index is 0.0123. The molecule has 54 heavy (non-hydrogen) atoms. The summed E-state index contributed by atoms with van der Waals surface area (Å²) in [5.74, 6) is 1.59. The van der Waals surface area contributed by atoms with Gasteiger partial charge in [0.25, 0.3) is 0 Å². The second-order valence-electron chi connectivity index (χ2n) is 15.0. The predicted octanol–water partition coefficient (Wildman–Crippen LogP) is 4.34. The molecule has 2 aliphatic rings. The van der Waals surface area contributed by atoms with Crippen molar-refractivity contribution in [2.24, 2.45) is 23.7 Å². The number of nitrogens with two attached hydrogens (primary N) is 2. The number of aliphatic hydroxyl groups excluding tert-OH is 2. The molecule has 0 spiro atoms. The first-order valence-electron chi connectivity index (χ1n) is 18.9. The van der Waals surface area contributed by atoms with Gasteiger partial charge in [-0.15, -0.1) is 0 Å². The molecule has 2 aliphatic heterocycles. The van der Waals surface area contributed by atoms with E-state index in [1.807, 2.05) is 9.80 Å². The normalized spacial score (nSPS) is 17.6. The molecular formula is C38H58Cl2N8O6. The van der Waals surface area contributed by atoms with Crippen LogP contribution in [0.2, 0.25) is 10.3 Å². The molecule has 300 valence electrons. The number of aryl methyl sites for hydroxylation is 2. The van der Waals surface area contributed by atoms with Gasteiger partial charge >= 0.3 is 0 Å². The van der Waals surface area contributed by atoms with Crippen molar-refractivity contribution in [1.29, 1.82) is 0 Å². The number of carbonyl (C=O) groups excluding carboxylic acids is 4. The maximum Gasteiger partial charge on any atom is 0.225 e. The lowest BCUT2D eigenvalue weighted by Crippen LogP contribution is -2.42. The molecule has 0 saturated carbocycles. The van der Waals surface area contributed by atoms with E-state index in [0.29, 0.717) is 71.6 Å². The lowest BCUT2D eigenvalue weighted by molar-refractivity contribution is -0.140. The van der Waals surface area contributed by atoms with E-state index in [1.54, 1.807) is 27.7 Å². The van der Waals surface area contributed by atoms with E-state index in [4.69, 9.17) is 34.7 Å². The van der Waals surface area contributed by atoms with Crippen molar-refractivity contribution in [2.75, 3.05) is 37.6 Å². The first-order valence-corrected chi connectivity index (χ1v) is 19.7. The SMILES string of the molecule is Cc1nc(N)c(CCC2CCN(C(=O)[C@H](C)CC(=O)C(C)O)CC2)c(Cl)n1.Cc1nc(N)c(CCC2CCN(C(=O)[C@H](C)CC(=O)C(C)O)CC2)c(Cl)n1. The number of halogens is 2. The van der Waals surface area contributed by atoms with Gasteiger partial charge in [0.2, 0.25) is 11.8 Å². The maximum absolute atomic E-state index is 12.5. The fourth-order valence-corrected chi connectivity index (χ4v) is 7.58. The molecule has 0 radical (unpaired) electrons. The highest BCUT2D eigenvalue weighted by Crippen LogP contribution is 2.29. The standard InChI is InChI=1S/2C19H29ClN4O3/c2*1-11(10-16(26)12(2)25)19(27)24-8-6-14(7-9-24)4-5-15-17(20)22-13(3)23-18(15)21/h2*11-12,14,25H,4-10H2,1-3H3,(H2,21,22,23)/t2*11-,12?/m11/s1. The number of anilines is 2. The minimum atomic E-state index is -1.02. The van der Waals surface area contributed by atoms with Gasteiger partial charge in [-0.25, -0.2) is 19.9 Å². The third-order valence-corrected chi connectivity index (χ3v) is 11.1. The van der Waals surface area contributed by atoms with Crippen molar-refractivity contribution in [3.8, 4) is 0 Å². The van der Waals surface area contributed by atoms with Gasteiger partial charge in [-0.3, -0.25) is 19.2 Å². The molecule has 2 aromatic rings. The van der Waals surface area contributed by atoms with Gasteiger partial charge in [0, 0.05) is 62.0 Å². The largest absolute Gasteiger partial charge is 0.386 e. The fourth-order valence-electron chi connectivity index (χ4n) is 6.95. The third kappa shape index (κ3) is 13.4. The number of hydrogen-bond acceptors (Lipinski definition) is 12. The number of nitrogens with zero attached hydrogens (tertiary/aromatic N) is 6. The second kappa shape index (κ2) is 21.0. The van der Waals surface area contributed by atoms with Gasteiger partial charge < -0.3 is 31.5 Å². The van der Waals surface area contributed by atoms with Gasteiger partial charge in [-0.1, -0.05) is 37.0 Å². The Balaban J connectivity index is 0.000000290. The van der Waals surface area contributed by atoms with Crippen LogP contribution in [0.1, 0.15) is 102 Å². The van der Waals surface area contributed by atoms with Crippen LogP contribution in [0.25, 0.3) is 0 Å². The number of nitrogen functional groups attached to an aromatic ring is 2. The minimum Gasteiger partial charge on any atom is -0.386 e. The number of hydrogen-bond donors (Lipinski definition) is 4. The summed E-state index contributed by atoms with van der Waals surface area (Å²) in [6.45, 7) is 12.6. The number of carbonyl (C=O) groups is 4. The van der Waals surface area contributed by atoms with Gasteiger partial charge in [0.05, 0.1) is 0 Å². The molecule has 0 bridgehead atoms. The molecule has 0 aromatic carbocycles. The van der Waals surface area contributed by atoms with E-state index in [0.717, 1.165) is 62.5 Å². The third-order valence-electron chi connectivity index (χ3n) is 10.4. The molecule has 2 amide bonds. The maximum atomic E-state index is 12.5. The van der Waals surface area contributed by atoms with E-state index >= 15 is 0 Å². The average Bonchev–Trinajstić information content (AvgIpc) is 3.10. The van der Waals surface area contributed by atoms with Crippen LogP contribution in [-0.4, -0.2) is 102 Å². The van der Waals surface area contributed by atoms with Crippen LogP contribution in [-0.2, 0) is 32.0 Å². The summed E-state index contributed by atoms with van der Waals surface area (Å²) in [5, 5.41) is 19.4. The van der Waals surface area contributed by atoms with Crippen LogP contribution in [0.5, 0.6) is 0 Å². The number of amides is 2. The Bertz CT molecular complexity index is 1450. The Morgan fingerprint density at radius 1 is 0.648 bits per heavy atom. The number of Topliss-reactive ketones (excluding diaryl/α,β-unsaturated/α-hetero) is 2. The smallest absolute Gasteiger partial charge is 0.225 e. The van der Waals surface area contributed by atoms with Crippen LogP contribution < -0.4 is 11.5 Å². The lowest BCUT2D eigenvalue weighted by Gasteiger charge is -2.33. The van der Waals surface area contributed by atoms with Crippen LogP contribution in [0.15, 0.2) is 0 Å². The molecule has 2 aromatic heterocycles. The van der Waals surface area contributed by atoms with Gasteiger partial charge in [-0.05, 0) is 90.9 Å². The second-order valence-corrected chi connectivity index (χ2v) is 15.7. The van der Waals surface area contributed by atoms with Gasteiger partial charge in [-0.2, -0.15) is 0 Å². The predicted molar refractivity (Wildman–Crippen MR) is 209 cm³/mol. The monoisotopic (exact) mass is 792 g/mol. The number of piperidine rings is 2. The number of aromatic nitrogens is 4. The highest BCUT2D eigenvalue weighted by atomic mass is 35.5. The van der Waals surface area contributed by atoms with Crippen molar-refractivity contribution in [3.63, 3.8) is 0 Å². The van der Waals surface area contributed by atoms with E-state index in [2.05, 4.69) is 19.9 Å². The van der Waals surface area contributed by atoms with Crippen LogP contribution in [0.3, 0.4) is 0 Å². The van der Waals surface area contributed by atoms with Crippen molar-refractivity contribution >= 4 is 58.2 Å². The zero-order chi connectivity index (χ0) is 40.3. The Morgan fingerprint density at radius 3 is 1.24 bits per heavy atom. The van der Waals surface area contributed by atoms with Gasteiger partial charge in [0.15, 0.2) is 11.6 Å². The van der Waals surface area contributed by atoms with Crippen molar-refractivity contribution in [1.82, 2.24) is 29.7 Å². The first-order chi connectivity index (χ1) is 25.4. The topological polar surface area (TPSA) is 219 Å². The molecule has 6 N–H and O–H groups in total. The van der Waals surface area contributed by atoms with Crippen LogP contribution in [0.4, 0.5) is 11.6 Å². The Kier molecular flexibility index (Phi) is 17.5. The van der Waals surface area contributed by atoms with E-state index < -0.39 is 24.0 Å². The molecule has 0 aliphatic carbocycles. The Hall–Kier alpha value is -3.46. The molecule has 4 atom stereocenters. The highest BCUT2D eigenvalue weighted by molar-refractivity contribution is 6.30. The molecule has 4 rings (SSSR count). The number of aliphatic hydroxyl groups is 2. The van der Waals surface area contributed by atoms with Gasteiger partial charge in [0.1, 0.15) is 45.8 Å². The zero-order valence-corrected chi connectivity index (χ0v) is 34.0.